The first kappa shape index (κ1) is 11.4. The third-order valence-corrected chi connectivity index (χ3v) is 2.82. The summed E-state index contributed by atoms with van der Waals surface area (Å²) in [7, 11) is 0. The molecular formula is C12H13N7. The van der Waals surface area contributed by atoms with Crippen molar-refractivity contribution in [3.05, 3.63) is 29.8 Å². The summed E-state index contributed by atoms with van der Waals surface area (Å²) in [6.07, 6.45) is 0. The number of hydrogen-bond donors (Lipinski definition) is 4. The van der Waals surface area contributed by atoms with Gasteiger partial charge in [0.1, 0.15) is 5.82 Å². The SMILES string of the molecule is NCc1cccc(-c2nc3c(N)nc(N)nc3[nH]2)c1. The van der Waals surface area contributed by atoms with Gasteiger partial charge < -0.3 is 22.2 Å². The van der Waals surface area contributed by atoms with Gasteiger partial charge in [0.05, 0.1) is 0 Å². The number of nitrogens with zero attached hydrogens (tertiary/aromatic N) is 3. The molecule has 0 fully saturated rings. The average molecular weight is 255 g/mol. The average Bonchev–Trinajstić information content (AvgIpc) is 2.83. The molecule has 0 bridgehead atoms. The molecule has 7 N–H and O–H groups in total. The van der Waals surface area contributed by atoms with Gasteiger partial charge in [-0.25, -0.2) is 4.98 Å². The molecule has 0 aliphatic carbocycles. The van der Waals surface area contributed by atoms with Gasteiger partial charge in [0.25, 0.3) is 0 Å². The highest BCUT2D eigenvalue weighted by Crippen LogP contribution is 2.23. The lowest BCUT2D eigenvalue weighted by Gasteiger charge is -1.99. The molecule has 0 spiro atoms. The van der Waals surface area contributed by atoms with Crippen LogP contribution in [-0.2, 0) is 6.54 Å². The molecule has 96 valence electrons. The van der Waals surface area contributed by atoms with E-state index in [4.69, 9.17) is 17.2 Å². The smallest absolute Gasteiger partial charge is 0.224 e. The summed E-state index contributed by atoms with van der Waals surface area (Å²) in [5, 5.41) is 0. The van der Waals surface area contributed by atoms with E-state index >= 15 is 0 Å². The molecule has 0 saturated heterocycles. The van der Waals surface area contributed by atoms with E-state index < -0.39 is 0 Å². The number of nitrogens with two attached hydrogens (primary N) is 3. The van der Waals surface area contributed by atoms with Crippen LogP contribution >= 0.6 is 0 Å². The van der Waals surface area contributed by atoms with E-state index in [1.165, 1.54) is 0 Å². The summed E-state index contributed by atoms with van der Waals surface area (Å²) < 4.78 is 0. The number of aromatic nitrogens is 4. The quantitative estimate of drug-likeness (QED) is 0.531. The van der Waals surface area contributed by atoms with Gasteiger partial charge in [-0.2, -0.15) is 9.97 Å². The van der Waals surface area contributed by atoms with Crippen LogP contribution < -0.4 is 17.2 Å². The summed E-state index contributed by atoms with van der Waals surface area (Å²) in [6.45, 7) is 0.475. The van der Waals surface area contributed by atoms with Crippen molar-refractivity contribution in [3.8, 4) is 11.4 Å². The highest BCUT2D eigenvalue weighted by molar-refractivity contribution is 5.85. The number of H-pyrrole nitrogens is 1. The molecule has 7 heteroatoms. The predicted molar refractivity (Wildman–Crippen MR) is 73.8 cm³/mol. The molecule has 19 heavy (non-hydrogen) atoms. The standard InChI is InChI=1S/C12H13N7/c13-5-6-2-1-3-7(4-6)10-16-8-9(14)17-12(15)19-11(8)18-10/h1-4H,5,13H2,(H5,14,15,16,17,18,19). The molecule has 0 saturated carbocycles. The van der Waals surface area contributed by atoms with Crippen LogP contribution in [0.3, 0.4) is 0 Å². The zero-order valence-electron chi connectivity index (χ0n) is 10.1. The van der Waals surface area contributed by atoms with E-state index in [0.717, 1.165) is 11.1 Å². The normalized spacial score (nSPS) is 11.0. The molecule has 0 atom stereocenters. The molecule has 0 radical (unpaired) electrons. The van der Waals surface area contributed by atoms with Gasteiger partial charge in [0, 0.05) is 12.1 Å². The van der Waals surface area contributed by atoms with E-state index in [-0.39, 0.29) is 11.8 Å². The Labute approximate surface area is 108 Å². The van der Waals surface area contributed by atoms with Crippen LogP contribution in [0.15, 0.2) is 24.3 Å². The van der Waals surface area contributed by atoms with Crippen molar-refractivity contribution in [1.82, 2.24) is 19.9 Å². The topological polar surface area (TPSA) is 133 Å². The number of nitrogens with one attached hydrogen (secondary N) is 1. The Morgan fingerprint density at radius 1 is 1.11 bits per heavy atom. The lowest BCUT2D eigenvalue weighted by atomic mass is 10.1. The molecule has 7 nitrogen and oxygen atoms in total. The Morgan fingerprint density at radius 3 is 2.74 bits per heavy atom. The Hall–Kier alpha value is -2.67. The van der Waals surface area contributed by atoms with E-state index in [9.17, 15) is 0 Å². The molecular weight excluding hydrogens is 242 g/mol. The lowest BCUT2D eigenvalue weighted by Crippen LogP contribution is -1.99. The fourth-order valence-electron chi connectivity index (χ4n) is 1.92. The first-order valence-corrected chi connectivity index (χ1v) is 5.75. The van der Waals surface area contributed by atoms with Gasteiger partial charge in [-0.3, -0.25) is 0 Å². The zero-order chi connectivity index (χ0) is 13.4. The molecule has 3 rings (SSSR count). The van der Waals surface area contributed by atoms with Crippen molar-refractivity contribution < 1.29 is 0 Å². The van der Waals surface area contributed by atoms with E-state index in [2.05, 4.69) is 19.9 Å². The maximum Gasteiger partial charge on any atom is 0.224 e. The maximum absolute atomic E-state index is 5.77. The molecule has 0 amide bonds. The minimum Gasteiger partial charge on any atom is -0.382 e. The largest absolute Gasteiger partial charge is 0.382 e. The Bertz CT molecular complexity index is 747. The second-order valence-corrected chi connectivity index (χ2v) is 4.15. The van der Waals surface area contributed by atoms with Crippen LogP contribution in [0.5, 0.6) is 0 Å². The summed E-state index contributed by atoms with van der Waals surface area (Å²) in [4.78, 5) is 15.4. The van der Waals surface area contributed by atoms with Crippen LogP contribution in [0.1, 0.15) is 5.56 Å². The molecule has 1 aromatic carbocycles. The first-order chi connectivity index (χ1) is 9.17. The number of aromatic amines is 1. The van der Waals surface area contributed by atoms with Crippen molar-refractivity contribution in [2.75, 3.05) is 11.5 Å². The Kier molecular flexibility index (Phi) is 2.53. The van der Waals surface area contributed by atoms with E-state index in [1.54, 1.807) is 0 Å². The van der Waals surface area contributed by atoms with Crippen LogP contribution in [0.2, 0.25) is 0 Å². The van der Waals surface area contributed by atoms with Gasteiger partial charge in [-0.05, 0) is 11.6 Å². The second-order valence-electron chi connectivity index (χ2n) is 4.15. The van der Waals surface area contributed by atoms with Crippen LogP contribution in [0.25, 0.3) is 22.6 Å². The van der Waals surface area contributed by atoms with Crippen LogP contribution in [0.4, 0.5) is 11.8 Å². The van der Waals surface area contributed by atoms with Gasteiger partial charge in [0.15, 0.2) is 17.0 Å². The Balaban J connectivity index is 2.17. The number of benzene rings is 1. The molecule has 0 aliphatic rings. The van der Waals surface area contributed by atoms with Gasteiger partial charge in [-0.15, -0.1) is 0 Å². The number of anilines is 2. The molecule has 0 unspecified atom stereocenters. The van der Waals surface area contributed by atoms with Crippen molar-refractivity contribution >= 4 is 22.9 Å². The Morgan fingerprint density at radius 2 is 1.95 bits per heavy atom. The summed E-state index contributed by atoms with van der Waals surface area (Å²) in [5.41, 5.74) is 19.9. The van der Waals surface area contributed by atoms with E-state index in [1.807, 2.05) is 24.3 Å². The molecule has 0 aliphatic heterocycles. The third-order valence-electron chi connectivity index (χ3n) is 2.82. The van der Waals surface area contributed by atoms with Gasteiger partial charge >= 0.3 is 0 Å². The fourth-order valence-corrected chi connectivity index (χ4v) is 1.92. The van der Waals surface area contributed by atoms with Gasteiger partial charge in [-0.1, -0.05) is 18.2 Å². The van der Waals surface area contributed by atoms with Crippen LogP contribution in [0, 0.1) is 0 Å². The summed E-state index contributed by atoms with van der Waals surface area (Å²) in [5.74, 6) is 1.05. The highest BCUT2D eigenvalue weighted by atomic mass is 15.1. The van der Waals surface area contributed by atoms with E-state index in [0.29, 0.717) is 23.5 Å². The second kappa shape index (κ2) is 4.21. The van der Waals surface area contributed by atoms with Crippen molar-refractivity contribution in [2.24, 2.45) is 5.73 Å². The number of imidazole rings is 1. The van der Waals surface area contributed by atoms with Crippen molar-refractivity contribution in [3.63, 3.8) is 0 Å². The zero-order valence-corrected chi connectivity index (χ0v) is 10.1. The number of nitrogen functional groups attached to an aromatic ring is 2. The first-order valence-electron chi connectivity index (χ1n) is 5.75. The van der Waals surface area contributed by atoms with Crippen molar-refractivity contribution in [1.29, 1.82) is 0 Å². The third kappa shape index (κ3) is 1.95. The molecule has 3 aromatic rings. The monoisotopic (exact) mass is 255 g/mol. The molecule has 2 aromatic heterocycles. The predicted octanol–water partition coefficient (Wildman–Crippen LogP) is 0.643. The lowest BCUT2D eigenvalue weighted by molar-refractivity contribution is 1.07. The number of rotatable bonds is 2. The van der Waals surface area contributed by atoms with Crippen LogP contribution in [-0.4, -0.2) is 19.9 Å². The summed E-state index contributed by atoms with van der Waals surface area (Å²) in [6, 6.07) is 7.78. The number of fused-ring (bicyclic) bond motifs is 1. The summed E-state index contributed by atoms with van der Waals surface area (Å²) >= 11 is 0. The van der Waals surface area contributed by atoms with Crippen molar-refractivity contribution in [2.45, 2.75) is 6.54 Å². The highest BCUT2D eigenvalue weighted by Gasteiger charge is 2.11. The maximum atomic E-state index is 5.77. The minimum atomic E-state index is 0.121. The number of hydrogen-bond acceptors (Lipinski definition) is 6. The molecule has 2 heterocycles. The fraction of sp³-hybridized carbons (Fsp3) is 0.0833. The minimum absolute atomic E-state index is 0.121. The van der Waals surface area contributed by atoms with Gasteiger partial charge in [0.2, 0.25) is 5.95 Å².